The van der Waals surface area contributed by atoms with Crippen molar-refractivity contribution in [2.24, 2.45) is 0 Å². The first kappa shape index (κ1) is 17.2. The summed E-state index contributed by atoms with van der Waals surface area (Å²) in [4.78, 5) is 0.258. The van der Waals surface area contributed by atoms with Gasteiger partial charge in [0.1, 0.15) is 0 Å². The van der Waals surface area contributed by atoms with Crippen LogP contribution in [0, 0.1) is 0 Å². The van der Waals surface area contributed by atoms with Crippen molar-refractivity contribution in [1.82, 2.24) is 4.72 Å². The van der Waals surface area contributed by atoms with Gasteiger partial charge in [-0.3, -0.25) is 0 Å². The van der Waals surface area contributed by atoms with E-state index in [4.69, 9.17) is 0 Å². The van der Waals surface area contributed by atoms with Crippen LogP contribution in [0.25, 0.3) is 0 Å². The monoisotopic (exact) mass is 381 g/mol. The fourth-order valence-corrected chi connectivity index (χ4v) is 3.63. The molecule has 0 heterocycles. The van der Waals surface area contributed by atoms with E-state index < -0.39 is 10.0 Å². The molecular formula is C17H20BrNO2S. The minimum absolute atomic E-state index is 0.0916. The lowest BCUT2D eigenvalue weighted by molar-refractivity contribution is 0.580. The lowest BCUT2D eigenvalue weighted by atomic mass is 9.87. The Bertz CT molecular complexity index is 747. The van der Waals surface area contributed by atoms with E-state index in [0.717, 1.165) is 10.0 Å². The summed E-state index contributed by atoms with van der Waals surface area (Å²) >= 11 is 3.28. The van der Waals surface area contributed by atoms with Gasteiger partial charge in [0.15, 0.2) is 0 Å². The highest BCUT2D eigenvalue weighted by molar-refractivity contribution is 9.10. The smallest absolute Gasteiger partial charge is 0.207 e. The molecule has 22 heavy (non-hydrogen) atoms. The molecule has 0 radical (unpaired) electrons. The highest BCUT2D eigenvalue weighted by Gasteiger charge is 2.15. The summed E-state index contributed by atoms with van der Waals surface area (Å²) in [5.41, 5.74) is 2.26. The van der Waals surface area contributed by atoms with Crippen LogP contribution in [0.15, 0.2) is 57.9 Å². The molecule has 0 aliphatic carbocycles. The minimum atomic E-state index is -3.50. The van der Waals surface area contributed by atoms with E-state index in [9.17, 15) is 8.42 Å². The fourth-order valence-electron chi connectivity index (χ4n) is 2.02. The number of sulfonamides is 1. The van der Waals surface area contributed by atoms with Gasteiger partial charge in [-0.15, -0.1) is 0 Å². The van der Waals surface area contributed by atoms with Crippen LogP contribution in [0.1, 0.15) is 31.9 Å². The van der Waals surface area contributed by atoms with Gasteiger partial charge >= 0.3 is 0 Å². The zero-order valence-corrected chi connectivity index (χ0v) is 15.3. The van der Waals surface area contributed by atoms with Crippen LogP contribution >= 0.6 is 15.9 Å². The van der Waals surface area contributed by atoms with Crippen LogP contribution in [-0.2, 0) is 22.0 Å². The maximum absolute atomic E-state index is 12.3. The third-order valence-corrected chi connectivity index (χ3v) is 5.28. The maximum atomic E-state index is 12.3. The van der Waals surface area contributed by atoms with Crippen LogP contribution in [0.2, 0.25) is 0 Å². The Morgan fingerprint density at radius 1 is 1.05 bits per heavy atom. The zero-order chi connectivity index (χ0) is 16.4. The number of nitrogens with one attached hydrogen (secondary N) is 1. The molecule has 1 N–H and O–H groups in total. The average Bonchev–Trinajstić information content (AvgIpc) is 2.45. The van der Waals surface area contributed by atoms with Gasteiger partial charge in [-0.05, 0) is 34.7 Å². The van der Waals surface area contributed by atoms with Gasteiger partial charge < -0.3 is 0 Å². The molecule has 0 fully saturated rings. The van der Waals surface area contributed by atoms with Crippen molar-refractivity contribution in [3.8, 4) is 0 Å². The third kappa shape index (κ3) is 4.41. The molecule has 0 bridgehead atoms. The summed E-state index contributed by atoms with van der Waals surface area (Å²) in [6.45, 7) is 6.73. The highest BCUT2D eigenvalue weighted by Crippen LogP contribution is 2.22. The normalized spacial score (nSPS) is 12.4. The number of benzene rings is 2. The zero-order valence-electron chi connectivity index (χ0n) is 12.9. The van der Waals surface area contributed by atoms with Crippen molar-refractivity contribution in [2.45, 2.75) is 37.6 Å². The van der Waals surface area contributed by atoms with Crippen molar-refractivity contribution >= 4 is 26.0 Å². The molecule has 5 heteroatoms. The molecule has 2 aromatic rings. The summed E-state index contributed by atoms with van der Waals surface area (Å²) in [7, 11) is -3.50. The predicted molar refractivity (Wildman–Crippen MR) is 93.3 cm³/mol. The Morgan fingerprint density at radius 2 is 1.68 bits per heavy atom. The molecular weight excluding hydrogens is 362 g/mol. The third-order valence-electron chi connectivity index (χ3n) is 3.39. The molecule has 0 atom stereocenters. The van der Waals surface area contributed by atoms with Gasteiger partial charge in [-0.2, -0.15) is 0 Å². The SMILES string of the molecule is CC(C)(C)c1ccc(CNS(=O)(=O)c2cccc(Br)c2)cc1. The van der Waals surface area contributed by atoms with Crippen LogP contribution in [0.5, 0.6) is 0 Å². The van der Waals surface area contributed by atoms with Gasteiger partial charge in [0, 0.05) is 11.0 Å². The summed E-state index contributed by atoms with van der Waals surface area (Å²) < 4.78 is 27.9. The second kappa shape index (κ2) is 6.52. The Hall–Kier alpha value is -1.17. The van der Waals surface area contributed by atoms with E-state index in [1.54, 1.807) is 24.3 Å². The molecule has 0 unspecified atom stereocenters. The van der Waals surface area contributed by atoms with E-state index in [2.05, 4.69) is 41.4 Å². The van der Waals surface area contributed by atoms with Crippen LogP contribution in [0.3, 0.4) is 0 Å². The Balaban J connectivity index is 2.09. The average molecular weight is 382 g/mol. The quantitative estimate of drug-likeness (QED) is 0.861. The summed E-state index contributed by atoms with van der Waals surface area (Å²) in [5, 5.41) is 0. The van der Waals surface area contributed by atoms with Crippen molar-refractivity contribution < 1.29 is 8.42 Å². The largest absolute Gasteiger partial charge is 0.240 e. The van der Waals surface area contributed by atoms with Crippen LogP contribution < -0.4 is 4.72 Å². The molecule has 0 saturated heterocycles. The molecule has 0 aromatic heterocycles. The van der Waals surface area contributed by atoms with Gasteiger partial charge in [0.05, 0.1) is 4.90 Å². The van der Waals surface area contributed by atoms with E-state index in [1.165, 1.54) is 5.56 Å². The highest BCUT2D eigenvalue weighted by atomic mass is 79.9. The molecule has 0 amide bonds. The standard InChI is InChI=1S/C17H20BrNO2S/c1-17(2,3)14-9-7-13(8-10-14)12-19-22(20,21)16-6-4-5-15(18)11-16/h4-11,19H,12H2,1-3H3. The van der Waals surface area contributed by atoms with E-state index in [1.807, 2.05) is 24.3 Å². The molecule has 0 aliphatic heterocycles. The first-order valence-corrected chi connectivity index (χ1v) is 9.31. The van der Waals surface area contributed by atoms with Crippen LogP contribution in [0.4, 0.5) is 0 Å². The fraction of sp³-hybridized carbons (Fsp3) is 0.294. The van der Waals surface area contributed by atoms with Crippen molar-refractivity contribution in [3.05, 3.63) is 64.1 Å². The maximum Gasteiger partial charge on any atom is 0.240 e. The Kier molecular flexibility index (Phi) is 5.10. The summed E-state index contributed by atoms with van der Waals surface area (Å²) in [5.74, 6) is 0. The summed E-state index contributed by atoms with van der Waals surface area (Å²) in [6.07, 6.45) is 0. The van der Waals surface area contributed by atoms with Gasteiger partial charge in [-0.1, -0.05) is 67.0 Å². The lowest BCUT2D eigenvalue weighted by Gasteiger charge is -2.19. The molecule has 0 spiro atoms. The van der Waals surface area contributed by atoms with E-state index in [-0.39, 0.29) is 16.9 Å². The lowest BCUT2D eigenvalue weighted by Crippen LogP contribution is -2.23. The van der Waals surface area contributed by atoms with Gasteiger partial charge in [0.2, 0.25) is 10.0 Å². The Morgan fingerprint density at radius 3 is 2.23 bits per heavy atom. The van der Waals surface area contributed by atoms with Gasteiger partial charge in [-0.25, -0.2) is 13.1 Å². The molecule has 3 nitrogen and oxygen atoms in total. The predicted octanol–water partition coefficient (Wildman–Crippen LogP) is 4.23. The number of hydrogen-bond acceptors (Lipinski definition) is 2. The molecule has 2 rings (SSSR count). The van der Waals surface area contributed by atoms with Crippen molar-refractivity contribution in [2.75, 3.05) is 0 Å². The first-order valence-electron chi connectivity index (χ1n) is 7.03. The van der Waals surface area contributed by atoms with Crippen LogP contribution in [-0.4, -0.2) is 8.42 Å². The second-order valence-electron chi connectivity index (χ2n) is 6.23. The minimum Gasteiger partial charge on any atom is -0.207 e. The van der Waals surface area contributed by atoms with Crippen molar-refractivity contribution in [3.63, 3.8) is 0 Å². The van der Waals surface area contributed by atoms with Crippen molar-refractivity contribution in [1.29, 1.82) is 0 Å². The molecule has 0 saturated carbocycles. The summed E-state index contributed by atoms with van der Waals surface area (Å²) in [6, 6.07) is 14.7. The van der Waals surface area contributed by atoms with Gasteiger partial charge in [0.25, 0.3) is 0 Å². The Labute approximate surface area is 140 Å². The molecule has 0 aliphatic rings. The molecule has 2 aromatic carbocycles. The number of halogens is 1. The topological polar surface area (TPSA) is 46.2 Å². The van der Waals surface area contributed by atoms with E-state index in [0.29, 0.717) is 0 Å². The molecule has 118 valence electrons. The second-order valence-corrected chi connectivity index (χ2v) is 8.91. The number of rotatable bonds is 4. The van der Waals surface area contributed by atoms with E-state index >= 15 is 0 Å². The number of hydrogen-bond donors (Lipinski definition) is 1. The first-order chi connectivity index (χ1) is 10.2.